The van der Waals surface area contributed by atoms with Crippen LogP contribution >= 0.6 is 0 Å². The van der Waals surface area contributed by atoms with Gasteiger partial charge in [0.25, 0.3) is 0 Å². The molecular formula is C48H36N2. The topological polar surface area (TPSA) is 6.48 Å². The summed E-state index contributed by atoms with van der Waals surface area (Å²) in [6.07, 6.45) is 17.0. The van der Waals surface area contributed by atoms with Gasteiger partial charge >= 0.3 is 0 Å². The zero-order valence-corrected chi connectivity index (χ0v) is 27.7. The summed E-state index contributed by atoms with van der Waals surface area (Å²) in [5, 5.41) is 0. The van der Waals surface area contributed by atoms with Crippen LogP contribution in [0.2, 0.25) is 0 Å². The van der Waals surface area contributed by atoms with Gasteiger partial charge in [0.05, 0.1) is 5.70 Å². The summed E-state index contributed by atoms with van der Waals surface area (Å²) in [7, 11) is 0. The van der Waals surface area contributed by atoms with Crippen molar-refractivity contribution in [1.82, 2.24) is 0 Å². The molecule has 2 nitrogen and oxygen atoms in total. The second kappa shape index (κ2) is 12.9. The number of nitrogens with zero attached hydrogens (tertiary/aromatic N) is 2. The normalized spacial score (nSPS) is 15.5. The van der Waals surface area contributed by atoms with E-state index >= 15 is 0 Å². The van der Waals surface area contributed by atoms with E-state index in [4.69, 9.17) is 0 Å². The molecule has 0 radical (unpaired) electrons. The summed E-state index contributed by atoms with van der Waals surface area (Å²) >= 11 is 0. The maximum absolute atomic E-state index is 2.45. The summed E-state index contributed by atoms with van der Waals surface area (Å²) in [6.45, 7) is 0. The van der Waals surface area contributed by atoms with Gasteiger partial charge in [0, 0.05) is 34.4 Å². The third-order valence-electron chi connectivity index (χ3n) is 9.96. The van der Waals surface area contributed by atoms with Crippen LogP contribution in [-0.2, 0) is 6.42 Å². The van der Waals surface area contributed by atoms with Gasteiger partial charge in [-0.25, -0.2) is 0 Å². The highest BCUT2D eigenvalue weighted by molar-refractivity contribution is 5.85. The molecule has 0 amide bonds. The highest BCUT2D eigenvalue weighted by atomic mass is 15.2. The van der Waals surface area contributed by atoms with Crippen LogP contribution < -0.4 is 9.80 Å². The Morgan fingerprint density at radius 2 is 1.00 bits per heavy atom. The molecule has 1 unspecified atom stereocenters. The zero-order valence-electron chi connectivity index (χ0n) is 27.7. The van der Waals surface area contributed by atoms with Crippen LogP contribution in [-0.4, -0.2) is 0 Å². The fourth-order valence-electron chi connectivity index (χ4n) is 7.65. The van der Waals surface area contributed by atoms with Gasteiger partial charge in [-0.3, -0.25) is 0 Å². The van der Waals surface area contributed by atoms with E-state index in [0.29, 0.717) is 0 Å². The smallest absolute Gasteiger partial charge is 0.0503 e. The Labute approximate surface area is 294 Å². The van der Waals surface area contributed by atoms with Crippen molar-refractivity contribution in [2.24, 2.45) is 0 Å². The van der Waals surface area contributed by atoms with Gasteiger partial charge in [-0.2, -0.15) is 0 Å². The van der Waals surface area contributed by atoms with Crippen LogP contribution in [0.25, 0.3) is 18.2 Å². The van der Waals surface area contributed by atoms with Crippen molar-refractivity contribution >= 4 is 46.7 Å². The van der Waals surface area contributed by atoms with Crippen LogP contribution in [0.5, 0.6) is 0 Å². The Morgan fingerprint density at radius 1 is 0.460 bits per heavy atom. The first-order valence-corrected chi connectivity index (χ1v) is 17.4. The molecule has 0 spiro atoms. The van der Waals surface area contributed by atoms with E-state index in [1.807, 2.05) is 0 Å². The highest BCUT2D eigenvalue weighted by Crippen LogP contribution is 2.52. The Balaban J connectivity index is 1.16. The van der Waals surface area contributed by atoms with Crippen molar-refractivity contribution in [3.8, 4) is 0 Å². The molecular weight excluding hydrogens is 605 g/mol. The third-order valence-corrected chi connectivity index (χ3v) is 9.96. The molecule has 3 aliphatic rings. The van der Waals surface area contributed by atoms with E-state index < -0.39 is 0 Å². The largest absolute Gasteiger partial charge is 0.310 e. The molecule has 50 heavy (non-hydrogen) atoms. The van der Waals surface area contributed by atoms with Crippen molar-refractivity contribution in [3.63, 3.8) is 0 Å². The Kier molecular flexibility index (Phi) is 7.68. The maximum atomic E-state index is 2.45. The lowest BCUT2D eigenvalue weighted by Crippen LogP contribution is -2.26. The average molecular weight is 641 g/mol. The van der Waals surface area contributed by atoms with Crippen molar-refractivity contribution in [3.05, 3.63) is 227 Å². The molecule has 6 aromatic rings. The molecule has 0 saturated carbocycles. The van der Waals surface area contributed by atoms with Gasteiger partial charge in [-0.15, -0.1) is 0 Å². The highest BCUT2D eigenvalue weighted by Gasteiger charge is 2.36. The number of hydrogen-bond acceptors (Lipinski definition) is 2. The monoisotopic (exact) mass is 640 g/mol. The molecule has 9 rings (SSSR count). The van der Waals surface area contributed by atoms with E-state index in [1.165, 1.54) is 50.3 Å². The minimum atomic E-state index is 0.164. The molecule has 0 heterocycles. The van der Waals surface area contributed by atoms with E-state index in [9.17, 15) is 0 Å². The molecule has 2 heteroatoms. The first-order chi connectivity index (χ1) is 24.8. The molecule has 0 fully saturated rings. The third kappa shape index (κ3) is 5.41. The van der Waals surface area contributed by atoms with Gasteiger partial charge < -0.3 is 9.80 Å². The summed E-state index contributed by atoms with van der Waals surface area (Å²) in [6, 6.07) is 56.3. The zero-order chi connectivity index (χ0) is 33.3. The van der Waals surface area contributed by atoms with Gasteiger partial charge in [-0.05, 0) is 106 Å². The molecule has 3 aliphatic carbocycles. The SMILES string of the molecule is C1=CC(N(c2ccccc2)c2ccccc2)=C2C=Cc3ccc(N(c4ccccc4)c4ccc(C=Cc5ccccc5)cc4)c4c3C2C1=CC4. The Bertz CT molecular complexity index is 2270. The van der Waals surface area contributed by atoms with Crippen molar-refractivity contribution < 1.29 is 0 Å². The molecule has 238 valence electrons. The van der Waals surface area contributed by atoms with E-state index in [2.05, 4.69) is 210 Å². The lowest BCUT2D eigenvalue weighted by molar-refractivity contribution is 0.871. The quantitative estimate of drug-likeness (QED) is 0.153. The van der Waals surface area contributed by atoms with Gasteiger partial charge in [0.2, 0.25) is 0 Å². The lowest BCUT2D eigenvalue weighted by Gasteiger charge is -2.39. The maximum Gasteiger partial charge on any atom is 0.0503 e. The number of allylic oxidation sites excluding steroid dienone is 6. The predicted molar refractivity (Wildman–Crippen MR) is 211 cm³/mol. The minimum absolute atomic E-state index is 0.164. The van der Waals surface area contributed by atoms with Crippen molar-refractivity contribution in [2.75, 3.05) is 9.80 Å². The Morgan fingerprint density at radius 3 is 1.62 bits per heavy atom. The number of para-hydroxylation sites is 3. The fraction of sp³-hybridized carbons (Fsp3) is 0.0417. The summed E-state index contributed by atoms with van der Waals surface area (Å²) in [5.74, 6) is 0.164. The van der Waals surface area contributed by atoms with Crippen LogP contribution in [0.4, 0.5) is 28.4 Å². The predicted octanol–water partition coefficient (Wildman–Crippen LogP) is 12.6. The molecule has 0 saturated heterocycles. The van der Waals surface area contributed by atoms with Crippen molar-refractivity contribution in [2.45, 2.75) is 12.3 Å². The second-order valence-corrected chi connectivity index (χ2v) is 12.9. The first-order valence-electron chi connectivity index (χ1n) is 17.4. The standard InChI is InChI=1S/C48H36N2/c1-5-13-35(14-6-1)21-22-36-23-29-42(30-24-36)50(41-19-11-4-12-20-41)46-34-28-38-25-31-43-45(33-27-37-26-32-44(46)48(38)47(37)43)49(39-15-7-2-8-16-39)40-17-9-3-10-18-40/h1-31,33-34,47H,32H2. The number of anilines is 5. The number of hydrogen-bond donors (Lipinski definition) is 0. The van der Waals surface area contributed by atoms with Crippen LogP contribution in [0, 0.1) is 0 Å². The van der Waals surface area contributed by atoms with Crippen LogP contribution in [0.1, 0.15) is 33.7 Å². The van der Waals surface area contributed by atoms with Gasteiger partial charge in [-0.1, -0.05) is 140 Å². The van der Waals surface area contributed by atoms with Crippen molar-refractivity contribution in [1.29, 1.82) is 0 Å². The lowest BCUT2D eigenvalue weighted by atomic mass is 9.70. The van der Waals surface area contributed by atoms with Gasteiger partial charge in [0.15, 0.2) is 0 Å². The summed E-state index contributed by atoms with van der Waals surface area (Å²) < 4.78 is 0. The second-order valence-electron chi connectivity index (χ2n) is 12.9. The number of benzene rings is 6. The summed E-state index contributed by atoms with van der Waals surface area (Å²) in [4.78, 5) is 4.83. The fourth-order valence-corrected chi connectivity index (χ4v) is 7.65. The molecule has 0 aromatic heterocycles. The van der Waals surface area contributed by atoms with E-state index in [-0.39, 0.29) is 5.92 Å². The molecule has 1 atom stereocenters. The molecule has 0 bridgehead atoms. The van der Waals surface area contributed by atoms with Crippen LogP contribution in [0.15, 0.2) is 199 Å². The molecule has 0 aliphatic heterocycles. The van der Waals surface area contributed by atoms with Crippen LogP contribution in [0.3, 0.4) is 0 Å². The Hall–Kier alpha value is -6.38. The first kappa shape index (κ1) is 29.7. The molecule has 0 N–H and O–H groups in total. The van der Waals surface area contributed by atoms with E-state index in [0.717, 1.165) is 29.2 Å². The summed E-state index contributed by atoms with van der Waals surface area (Å²) in [5.41, 5.74) is 16.2. The molecule has 6 aromatic carbocycles. The van der Waals surface area contributed by atoms with Gasteiger partial charge in [0.1, 0.15) is 0 Å². The minimum Gasteiger partial charge on any atom is -0.310 e. The number of rotatable bonds is 8. The average Bonchev–Trinajstić information content (AvgIpc) is 3.19. The van der Waals surface area contributed by atoms with E-state index in [1.54, 1.807) is 0 Å².